The zero-order valence-electron chi connectivity index (χ0n) is 36.0. The molecule has 21 heteroatoms. The van der Waals surface area contributed by atoms with Crippen LogP contribution in [0, 0.1) is 19.8 Å². The van der Waals surface area contributed by atoms with Crippen LogP contribution in [-0.4, -0.2) is 44.1 Å². The average Bonchev–Trinajstić information content (AvgIpc) is 3.83. The maximum atomic E-state index is 14.1. The van der Waals surface area contributed by atoms with E-state index < -0.39 is 41.4 Å². The van der Waals surface area contributed by atoms with Crippen molar-refractivity contribution in [3.05, 3.63) is 148 Å². The van der Waals surface area contributed by atoms with Gasteiger partial charge in [-0.25, -0.2) is 28.8 Å². The monoisotopic (exact) mass is 1010 g/mol. The van der Waals surface area contributed by atoms with Crippen LogP contribution in [0.5, 0.6) is 0 Å². The molecule has 2 heterocycles. The molecule has 1 unspecified atom stereocenters. The first-order valence-corrected chi connectivity index (χ1v) is 22.0. The maximum absolute atomic E-state index is 14.1. The fourth-order valence-electron chi connectivity index (χ4n) is 8.00. The molecular weight excluding hydrogens is 967 g/mol. The number of aromatic amines is 4. The highest BCUT2D eigenvalue weighted by atomic mass is 79.9. The molecule has 8 rings (SSSR count). The van der Waals surface area contributed by atoms with Crippen molar-refractivity contribution in [3.63, 3.8) is 0 Å². The number of rotatable bonds is 9. The van der Waals surface area contributed by atoms with Crippen molar-refractivity contribution in [2.75, 3.05) is 26.6 Å². The first-order valence-electron chi connectivity index (χ1n) is 20.5. The van der Waals surface area contributed by atoms with Gasteiger partial charge in [-0.2, -0.15) is 0 Å². The summed E-state index contributed by atoms with van der Waals surface area (Å²) in [5, 5.41) is 20.5. The van der Waals surface area contributed by atoms with Crippen LogP contribution in [0.4, 0.5) is 47.6 Å². The predicted octanol–water partition coefficient (Wildman–Crippen LogP) is 10.2. The van der Waals surface area contributed by atoms with Crippen LogP contribution in [0.15, 0.2) is 110 Å². The third-order valence-electron chi connectivity index (χ3n) is 11.0. The predicted molar refractivity (Wildman–Crippen MR) is 267 cm³/mol. The Balaban J connectivity index is 1.34. The number of imidazole rings is 2. The quantitative estimate of drug-likeness (QED) is 0.0668. The van der Waals surface area contributed by atoms with Crippen LogP contribution in [0.1, 0.15) is 37.0 Å². The van der Waals surface area contributed by atoms with E-state index in [9.17, 15) is 28.8 Å². The molecule has 1 aliphatic carbocycles. The number of benzene rings is 5. The van der Waals surface area contributed by atoms with Crippen molar-refractivity contribution in [2.24, 2.45) is 11.7 Å². The Kier molecular flexibility index (Phi) is 12.7. The first kappa shape index (κ1) is 45.8. The smallest absolute Gasteiger partial charge is 0.323 e. The number of nitrogens with two attached hydrogens (primary N) is 1. The SMILES string of the molecule is CC1=C(NC(N)=O)CC(C)C(NC(=O)Nc2ccc(Br)cc2C)=C1c1cc(NC(=O)Nc2ccc(C)cc2)c(-c2cc(NC(=O)Nc3ccc(Cl)c(Cl)c3)cc3[nH]c(=O)[nH]c23)c2[nH]c(=O)[nH]c12. The van der Waals surface area contributed by atoms with Gasteiger partial charge in [-0.3, -0.25) is 0 Å². The fourth-order valence-corrected chi connectivity index (χ4v) is 8.78. The van der Waals surface area contributed by atoms with Gasteiger partial charge in [0.1, 0.15) is 0 Å². The van der Waals surface area contributed by atoms with E-state index in [4.69, 9.17) is 28.9 Å². The summed E-state index contributed by atoms with van der Waals surface area (Å²) in [6.45, 7) is 7.35. The van der Waals surface area contributed by atoms with Gasteiger partial charge in [0, 0.05) is 66.8 Å². The van der Waals surface area contributed by atoms with Gasteiger partial charge >= 0.3 is 35.5 Å². The standard InChI is InChI=1S/C46H41BrCl2N12O6/c1-19-5-8-24(9-6-19)51-43(64)56-33-18-28(35-22(4)32(54-41(50)62)14-21(3)37(35)58-44(65)55-31-12-7-23(47)13-20(31)2)39-40(61-46(67)60-39)36(33)27-15-26(17-34-38(27)59-45(66)57-34)53-42(63)52-25-10-11-29(48)30(49)16-25/h5-13,15-18,21H,14H2,1-4H3,(H3,50,54,62)(H2,51,56,64)(H2,52,53,63)(H2,55,58,65)(H2,57,59,66)(H2,60,61,67). The van der Waals surface area contributed by atoms with Gasteiger partial charge in [-0.05, 0) is 105 Å². The summed E-state index contributed by atoms with van der Waals surface area (Å²) in [6, 6.07) is 19.1. The zero-order chi connectivity index (χ0) is 47.8. The minimum absolute atomic E-state index is 0.111. The first-order chi connectivity index (χ1) is 31.9. The molecule has 7 aromatic rings. The third kappa shape index (κ3) is 9.93. The molecular formula is C46H41BrCl2N12O6. The summed E-state index contributed by atoms with van der Waals surface area (Å²) < 4.78 is 0.832. The molecule has 5 aromatic carbocycles. The van der Waals surface area contributed by atoms with Crippen molar-refractivity contribution in [2.45, 2.75) is 34.1 Å². The largest absolute Gasteiger partial charge is 0.351 e. The molecule has 0 spiro atoms. The molecule has 67 heavy (non-hydrogen) atoms. The second-order valence-corrected chi connectivity index (χ2v) is 17.6. The number of carbonyl (C=O) groups excluding carboxylic acids is 4. The molecule has 0 saturated heterocycles. The minimum atomic E-state index is -0.810. The number of aromatic nitrogens is 4. The van der Waals surface area contributed by atoms with Gasteiger partial charge in [-0.1, -0.05) is 63.8 Å². The molecule has 18 nitrogen and oxygen atoms in total. The third-order valence-corrected chi connectivity index (χ3v) is 12.3. The summed E-state index contributed by atoms with van der Waals surface area (Å²) in [5.74, 6) is -0.457. The Hall–Kier alpha value is -7.74. The van der Waals surface area contributed by atoms with E-state index in [2.05, 4.69) is 73.1 Å². The Labute approximate surface area is 398 Å². The minimum Gasteiger partial charge on any atom is -0.351 e. The summed E-state index contributed by atoms with van der Waals surface area (Å²) in [4.78, 5) is 91.7. The number of anilines is 5. The lowest BCUT2D eigenvalue weighted by Gasteiger charge is -2.31. The van der Waals surface area contributed by atoms with Crippen molar-refractivity contribution >= 4 is 119 Å². The molecule has 0 aliphatic heterocycles. The highest BCUT2D eigenvalue weighted by molar-refractivity contribution is 9.10. The van der Waals surface area contributed by atoms with Gasteiger partial charge in [-0.15, -0.1) is 0 Å². The fraction of sp³-hybridized carbons (Fsp3) is 0.130. The molecule has 0 bridgehead atoms. The van der Waals surface area contributed by atoms with E-state index in [1.165, 1.54) is 18.2 Å². The van der Waals surface area contributed by atoms with E-state index in [0.717, 1.165) is 15.6 Å². The van der Waals surface area contributed by atoms with Crippen LogP contribution in [0.25, 0.3) is 38.8 Å². The van der Waals surface area contributed by atoms with Crippen molar-refractivity contribution in [3.8, 4) is 11.1 Å². The lowest BCUT2D eigenvalue weighted by Crippen LogP contribution is -2.36. The summed E-state index contributed by atoms with van der Waals surface area (Å²) in [5.41, 5.74) is 11.3. The van der Waals surface area contributed by atoms with Crippen LogP contribution >= 0.6 is 39.1 Å². The number of aryl methyl sites for hydroxylation is 2. The van der Waals surface area contributed by atoms with E-state index >= 15 is 0 Å². The molecule has 0 saturated carbocycles. The van der Waals surface area contributed by atoms with E-state index in [1.54, 1.807) is 49.4 Å². The summed E-state index contributed by atoms with van der Waals surface area (Å²) in [7, 11) is 0. The number of amides is 8. The Bertz CT molecular complexity index is 3390. The number of hydrogen-bond donors (Lipinski definition) is 12. The van der Waals surface area contributed by atoms with Gasteiger partial charge in [0.05, 0.1) is 37.8 Å². The summed E-state index contributed by atoms with van der Waals surface area (Å²) >= 11 is 15.7. The molecule has 342 valence electrons. The van der Waals surface area contributed by atoms with Crippen LogP contribution in [0.2, 0.25) is 10.0 Å². The lowest BCUT2D eigenvalue weighted by molar-refractivity contribution is 0.249. The van der Waals surface area contributed by atoms with Gasteiger partial charge in [0.25, 0.3) is 0 Å². The molecule has 1 atom stereocenters. The van der Waals surface area contributed by atoms with Crippen molar-refractivity contribution < 1.29 is 19.2 Å². The Morgan fingerprint density at radius 2 is 1.25 bits per heavy atom. The van der Waals surface area contributed by atoms with Crippen LogP contribution in [-0.2, 0) is 0 Å². The lowest BCUT2D eigenvalue weighted by atomic mass is 9.81. The number of halogens is 3. The normalized spacial score (nSPS) is 13.7. The number of allylic oxidation sites excluding steroid dienone is 4. The second kappa shape index (κ2) is 18.6. The van der Waals surface area contributed by atoms with E-state index in [0.29, 0.717) is 50.2 Å². The second-order valence-electron chi connectivity index (χ2n) is 15.9. The van der Waals surface area contributed by atoms with Crippen molar-refractivity contribution in [1.82, 2.24) is 30.6 Å². The number of H-pyrrole nitrogens is 4. The number of hydrogen-bond acceptors (Lipinski definition) is 6. The van der Waals surface area contributed by atoms with E-state index in [1.807, 2.05) is 39.0 Å². The average molecular weight is 1010 g/mol. The highest BCUT2D eigenvalue weighted by Crippen LogP contribution is 2.46. The van der Waals surface area contributed by atoms with E-state index in [-0.39, 0.29) is 56.0 Å². The van der Waals surface area contributed by atoms with Crippen molar-refractivity contribution in [1.29, 1.82) is 0 Å². The van der Waals surface area contributed by atoms with Crippen LogP contribution < -0.4 is 54.3 Å². The molecule has 2 aromatic heterocycles. The number of nitrogens with one attached hydrogen (secondary N) is 11. The molecule has 1 aliphatic rings. The number of primary amides is 1. The molecule has 8 amide bonds. The zero-order valence-corrected chi connectivity index (χ0v) is 39.0. The summed E-state index contributed by atoms with van der Waals surface area (Å²) in [6.07, 6.45) is 0.261. The van der Waals surface area contributed by atoms with Gasteiger partial charge in [0.15, 0.2) is 0 Å². The maximum Gasteiger partial charge on any atom is 0.323 e. The molecule has 13 N–H and O–H groups in total. The van der Waals surface area contributed by atoms with Gasteiger partial charge < -0.3 is 62.9 Å². The highest BCUT2D eigenvalue weighted by Gasteiger charge is 2.31. The van der Waals surface area contributed by atoms with Gasteiger partial charge in [0.2, 0.25) is 0 Å². The van der Waals surface area contributed by atoms with Crippen LogP contribution in [0.3, 0.4) is 0 Å². The number of fused-ring (bicyclic) bond motifs is 2. The topological polar surface area (TPSA) is 276 Å². The number of urea groups is 4. The number of carbonyl (C=O) groups is 4. The molecule has 0 fully saturated rings. The Morgan fingerprint density at radius 1 is 0.627 bits per heavy atom. The Morgan fingerprint density at radius 3 is 1.97 bits per heavy atom. The molecule has 0 radical (unpaired) electrons.